The highest BCUT2D eigenvalue weighted by Crippen LogP contribution is 2.25. The van der Waals surface area contributed by atoms with E-state index in [1.165, 1.54) is 0 Å². The molecular weight excluding hydrogens is 322 g/mol. The SMILES string of the molecule is O=C(Nc1ccccc1OCc1ccccc1)c1cccc(Cl)c1. The van der Waals surface area contributed by atoms with Gasteiger partial charge in [0.15, 0.2) is 0 Å². The maximum atomic E-state index is 12.4. The summed E-state index contributed by atoms with van der Waals surface area (Å²) in [5, 5.41) is 3.39. The summed E-state index contributed by atoms with van der Waals surface area (Å²) in [4.78, 5) is 12.4. The summed E-state index contributed by atoms with van der Waals surface area (Å²) in [6.07, 6.45) is 0. The fraction of sp³-hybridized carbons (Fsp3) is 0.0500. The third kappa shape index (κ3) is 4.15. The number of carbonyl (C=O) groups is 1. The highest BCUT2D eigenvalue weighted by Gasteiger charge is 2.10. The Morgan fingerprint density at radius 2 is 1.67 bits per heavy atom. The van der Waals surface area contributed by atoms with Crippen LogP contribution >= 0.6 is 11.6 Å². The molecule has 0 radical (unpaired) electrons. The van der Waals surface area contributed by atoms with Crippen LogP contribution < -0.4 is 10.1 Å². The van der Waals surface area contributed by atoms with Gasteiger partial charge >= 0.3 is 0 Å². The van der Waals surface area contributed by atoms with Crippen molar-refractivity contribution >= 4 is 23.2 Å². The molecule has 0 fully saturated rings. The van der Waals surface area contributed by atoms with Crippen LogP contribution in [0.1, 0.15) is 15.9 Å². The van der Waals surface area contributed by atoms with Crippen LogP contribution in [0.4, 0.5) is 5.69 Å². The fourth-order valence-electron chi connectivity index (χ4n) is 2.26. The van der Waals surface area contributed by atoms with E-state index in [1.54, 1.807) is 24.3 Å². The number of hydrogen-bond donors (Lipinski definition) is 1. The van der Waals surface area contributed by atoms with E-state index in [4.69, 9.17) is 16.3 Å². The minimum atomic E-state index is -0.228. The molecule has 1 amide bonds. The number of nitrogens with one attached hydrogen (secondary N) is 1. The van der Waals surface area contributed by atoms with Gasteiger partial charge in [0.2, 0.25) is 0 Å². The summed E-state index contributed by atoms with van der Waals surface area (Å²) < 4.78 is 5.84. The molecule has 120 valence electrons. The molecular formula is C20H16ClNO2. The smallest absolute Gasteiger partial charge is 0.255 e. The van der Waals surface area contributed by atoms with E-state index in [0.717, 1.165) is 5.56 Å². The van der Waals surface area contributed by atoms with Gasteiger partial charge in [-0.05, 0) is 35.9 Å². The number of halogens is 1. The van der Waals surface area contributed by atoms with Crippen LogP contribution in [0.2, 0.25) is 5.02 Å². The van der Waals surface area contributed by atoms with Gasteiger partial charge in [0.05, 0.1) is 5.69 Å². The van der Waals surface area contributed by atoms with Crippen molar-refractivity contribution in [2.75, 3.05) is 5.32 Å². The monoisotopic (exact) mass is 337 g/mol. The molecule has 0 saturated carbocycles. The Hall–Kier alpha value is -2.78. The van der Waals surface area contributed by atoms with Crippen molar-refractivity contribution in [1.29, 1.82) is 0 Å². The lowest BCUT2D eigenvalue weighted by molar-refractivity contribution is 0.102. The van der Waals surface area contributed by atoms with Crippen molar-refractivity contribution in [3.8, 4) is 5.75 Å². The van der Waals surface area contributed by atoms with Crippen LogP contribution in [0.25, 0.3) is 0 Å². The van der Waals surface area contributed by atoms with Crippen molar-refractivity contribution in [1.82, 2.24) is 0 Å². The van der Waals surface area contributed by atoms with Crippen LogP contribution in [-0.2, 0) is 6.61 Å². The fourth-order valence-corrected chi connectivity index (χ4v) is 2.45. The molecule has 1 N–H and O–H groups in total. The van der Waals surface area contributed by atoms with Gasteiger partial charge in [0.1, 0.15) is 12.4 Å². The summed E-state index contributed by atoms with van der Waals surface area (Å²) in [7, 11) is 0. The second-order valence-corrected chi connectivity index (χ2v) is 5.67. The zero-order chi connectivity index (χ0) is 16.8. The first-order valence-electron chi connectivity index (χ1n) is 7.55. The number of hydrogen-bond acceptors (Lipinski definition) is 2. The summed E-state index contributed by atoms with van der Waals surface area (Å²) in [6, 6.07) is 24.1. The van der Waals surface area contributed by atoms with Gasteiger partial charge in [-0.15, -0.1) is 0 Å². The lowest BCUT2D eigenvalue weighted by Gasteiger charge is -2.12. The standard InChI is InChI=1S/C20H16ClNO2/c21-17-10-6-9-16(13-17)20(23)22-18-11-4-5-12-19(18)24-14-15-7-2-1-3-8-15/h1-13H,14H2,(H,22,23). The molecule has 3 rings (SSSR count). The van der Waals surface area contributed by atoms with Gasteiger partial charge in [0, 0.05) is 10.6 Å². The minimum Gasteiger partial charge on any atom is -0.487 e. The first kappa shape index (κ1) is 16.1. The summed E-state index contributed by atoms with van der Waals surface area (Å²) in [5.74, 6) is 0.394. The molecule has 0 aliphatic rings. The normalized spacial score (nSPS) is 10.2. The Morgan fingerprint density at radius 1 is 0.917 bits per heavy atom. The largest absolute Gasteiger partial charge is 0.487 e. The maximum Gasteiger partial charge on any atom is 0.255 e. The van der Waals surface area contributed by atoms with E-state index in [-0.39, 0.29) is 5.91 Å². The van der Waals surface area contributed by atoms with Crippen molar-refractivity contribution in [2.24, 2.45) is 0 Å². The molecule has 0 atom stereocenters. The molecule has 24 heavy (non-hydrogen) atoms. The van der Waals surface area contributed by atoms with E-state index in [0.29, 0.717) is 28.6 Å². The number of rotatable bonds is 5. The Kier molecular flexibility index (Phi) is 5.14. The minimum absolute atomic E-state index is 0.228. The van der Waals surface area contributed by atoms with Gasteiger partial charge in [-0.3, -0.25) is 4.79 Å². The molecule has 3 aromatic rings. The zero-order valence-corrected chi connectivity index (χ0v) is 13.7. The second-order valence-electron chi connectivity index (χ2n) is 5.23. The van der Waals surface area contributed by atoms with Crippen molar-refractivity contribution in [3.05, 3.63) is 95.0 Å². The molecule has 0 aromatic heterocycles. The van der Waals surface area contributed by atoms with Gasteiger partial charge < -0.3 is 10.1 Å². The average molecular weight is 338 g/mol. The van der Waals surface area contributed by atoms with E-state index >= 15 is 0 Å². The van der Waals surface area contributed by atoms with E-state index < -0.39 is 0 Å². The molecule has 0 spiro atoms. The quantitative estimate of drug-likeness (QED) is 0.697. The third-order valence-electron chi connectivity index (χ3n) is 3.46. The van der Waals surface area contributed by atoms with Crippen LogP contribution in [0.3, 0.4) is 0 Å². The molecule has 3 aromatic carbocycles. The Morgan fingerprint density at radius 3 is 2.46 bits per heavy atom. The van der Waals surface area contributed by atoms with E-state index in [9.17, 15) is 4.79 Å². The number of para-hydroxylation sites is 2. The van der Waals surface area contributed by atoms with Crippen LogP contribution in [0, 0.1) is 0 Å². The second kappa shape index (κ2) is 7.66. The molecule has 0 bridgehead atoms. The molecule has 0 aliphatic carbocycles. The summed E-state index contributed by atoms with van der Waals surface area (Å²) >= 11 is 5.94. The topological polar surface area (TPSA) is 38.3 Å². The van der Waals surface area contributed by atoms with Gasteiger partial charge in [-0.25, -0.2) is 0 Å². The van der Waals surface area contributed by atoms with Gasteiger partial charge in [-0.1, -0.05) is 60.1 Å². The highest BCUT2D eigenvalue weighted by molar-refractivity contribution is 6.31. The summed E-state index contributed by atoms with van der Waals surface area (Å²) in [5.41, 5.74) is 2.19. The third-order valence-corrected chi connectivity index (χ3v) is 3.69. The Bertz CT molecular complexity index is 834. The summed E-state index contributed by atoms with van der Waals surface area (Å²) in [6.45, 7) is 0.435. The number of amides is 1. The predicted molar refractivity (Wildman–Crippen MR) is 96.6 cm³/mol. The maximum absolute atomic E-state index is 12.4. The molecule has 0 saturated heterocycles. The highest BCUT2D eigenvalue weighted by atomic mass is 35.5. The van der Waals surface area contributed by atoms with E-state index in [2.05, 4.69) is 5.32 Å². The van der Waals surface area contributed by atoms with Crippen molar-refractivity contribution < 1.29 is 9.53 Å². The van der Waals surface area contributed by atoms with Gasteiger partial charge in [-0.2, -0.15) is 0 Å². The lowest BCUT2D eigenvalue weighted by atomic mass is 10.2. The average Bonchev–Trinajstić information content (AvgIpc) is 2.62. The van der Waals surface area contributed by atoms with Crippen molar-refractivity contribution in [3.63, 3.8) is 0 Å². The molecule has 0 unspecified atom stereocenters. The zero-order valence-electron chi connectivity index (χ0n) is 12.9. The first-order chi connectivity index (χ1) is 11.7. The number of benzene rings is 3. The van der Waals surface area contributed by atoms with E-state index in [1.807, 2.05) is 54.6 Å². The van der Waals surface area contributed by atoms with Gasteiger partial charge in [0.25, 0.3) is 5.91 Å². The molecule has 3 nitrogen and oxygen atoms in total. The van der Waals surface area contributed by atoms with Crippen LogP contribution in [-0.4, -0.2) is 5.91 Å². The number of ether oxygens (including phenoxy) is 1. The number of anilines is 1. The lowest BCUT2D eigenvalue weighted by Crippen LogP contribution is -2.12. The van der Waals surface area contributed by atoms with Crippen LogP contribution in [0.15, 0.2) is 78.9 Å². The first-order valence-corrected chi connectivity index (χ1v) is 7.93. The molecule has 0 aliphatic heterocycles. The molecule has 0 heterocycles. The number of carbonyl (C=O) groups excluding carboxylic acids is 1. The van der Waals surface area contributed by atoms with Crippen molar-refractivity contribution in [2.45, 2.75) is 6.61 Å². The predicted octanol–water partition coefficient (Wildman–Crippen LogP) is 5.17. The Labute approximate surface area is 145 Å². The Balaban J connectivity index is 1.73. The molecule has 4 heteroatoms. The van der Waals surface area contributed by atoms with Crippen LogP contribution in [0.5, 0.6) is 5.75 Å².